The number of halogens is 1. The van der Waals surface area contributed by atoms with Crippen molar-refractivity contribution in [2.24, 2.45) is 0 Å². The van der Waals surface area contributed by atoms with Crippen LogP contribution in [0, 0.1) is 11.3 Å². The summed E-state index contributed by atoms with van der Waals surface area (Å²) in [6, 6.07) is 16.6. The number of piperazine rings is 1. The van der Waals surface area contributed by atoms with Gasteiger partial charge in [-0.1, -0.05) is 24.6 Å². The van der Waals surface area contributed by atoms with Crippen molar-refractivity contribution in [2.45, 2.75) is 13.3 Å². The lowest BCUT2D eigenvalue weighted by Gasteiger charge is -2.34. The predicted octanol–water partition coefficient (Wildman–Crippen LogP) is 5.53. The van der Waals surface area contributed by atoms with Crippen LogP contribution in [0.1, 0.15) is 18.9 Å². The van der Waals surface area contributed by atoms with Crippen molar-refractivity contribution in [3.63, 3.8) is 0 Å². The first-order valence-corrected chi connectivity index (χ1v) is 12.6. The van der Waals surface area contributed by atoms with Crippen molar-refractivity contribution in [2.75, 3.05) is 54.9 Å². The molecule has 36 heavy (non-hydrogen) atoms. The molecule has 2 N–H and O–H groups in total. The average Bonchev–Trinajstić information content (AvgIpc) is 3.28. The first-order chi connectivity index (χ1) is 17.6. The zero-order chi connectivity index (χ0) is 25.1. The van der Waals surface area contributed by atoms with Crippen LogP contribution in [0.15, 0.2) is 54.9 Å². The fourth-order valence-electron chi connectivity index (χ4n) is 4.52. The molecule has 1 aliphatic rings. The van der Waals surface area contributed by atoms with E-state index in [-0.39, 0.29) is 0 Å². The van der Waals surface area contributed by atoms with Gasteiger partial charge >= 0.3 is 0 Å². The van der Waals surface area contributed by atoms with Gasteiger partial charge in [-0.15, -0.1) is 0 Å². The van der Waals surface area contributed by atoms with E-state index in [0.717, 1.165) is 54.9 Å². The van der Waals surface area contributed by atoms with Crippen LogP contribution in [0.2, 0.25) is 5.02 Å². The number of nitrogens with one attached hydrogen (secondary N) is 2. The van der Waals surface area contributed by atoms with Crippen LogP contribution in [0.25, 0.3) is 10.9 Å². The Labute approximate surface area is 216 Å². The topological polar surface area (TPSA) is 87.1 Å². The van der Waals surface area contributed by atoms with Gasteiger partial charge in [0.15, 0.2) is 5.82 Å². The number of anilines is 5. The predicted molar refractivity (Wildman–Crippen MR) is 147 cm³/mol. The van der Waals surface area contributed by atoms with E-state index in [2.05, 4.69) is 62.2 Å². The summed E-state index contributed by atoms with van der Waals surface area (Å²) in [4.78, 5) is 19.2. The average molecular weight is 501 g/mol. The fourth-order valence-corrected chi connectivity index (χ4v) is 4.73. The van der Waals surface area contributed by atoms with E-state index in [1.54, 1.807) is 12.4 Å². The lowest BCUT2D eigenvalue weighted by Crippen LogP contribution is -2.44. The third kappa shape index (κ3) is 4.94. The van der Waals surface area contributed by atoms with Gasteiger partial charge in [0.1, 0.15) is 11.6 Å². The second-order valence-corrected chi connectivity index (χ2v) is 9.43. The smallest absolute Gasteiger partial charge is 0.229 e. The van der Waals surface area contributed by atoms with Crippen LogP contribution in [0.5, 0.6) is 0 Å². The number of rotatable bonds is 7. The normalized spacial score (nSPS) is 14.1. The van der Waals surface area contributed by atoms with Gasteiger partial charge in [0.2, 0.25) is 5.95 Å². The first-order valence-electron chi connectivity index (χ1n) is 12.2. The minimum absolute atomic E-state index is 0.417. The van der Waals surface area contributed by atoms with Gasteiger partial charge in [-0.3, -0.25) is 0 Å². The highest BCUT2D eigenvalue weighted by Gasteiger charge is 2.19. The molecule has 2 aromatic heterocycles. The highest BCUT2D eigenvalue weighted by atomic mass is 35.5. The van der Waals surface area contributed by atoms with Crippen molar-refractivity contribution in [1.29, 1.82) is 5.26 Å². The monoisotopic (exact) mass is 500 g/mol. The standard InChI is InChI=1S/C27H29ClN8/c1-3-9-36(22-7-8-25-23(15-22)24(28)18-30-25)26-19(16-29)17-31-27(33-26)32-20-5-4-6-21(14-20)35-12-10-34(2)11-13-35/h4-8,14-15,17-18,30H,3,9-13H2,1-2H3,(H,31,32,33). The van der Waals surface area contributed by atoms with Crippen LogP contribution in [0.3, 0.4) is 0 Å². The number of fused-ring (bicyclic) bond motifs is 1. The molecule has 0 radical (unpaired) electrons. The highest BCUT2D eigenvalue weighted by Crippen LogP contribution is 2.33. The van der Waals surface area contributed by atoms with E-state index in [9.17, 15) is 5.26 Å². The largest absolute Gasteiger partial charge is 0.369 e. The van der Waals surface area contributed by atoms with Crippen molar-refractivity contribution >= 4 is 51.3 Å². The zero-order valence-corrected chi connectivity index (χ0v) is 21.3. The molecular formula is C27H29ClN8. The third-order valence-corrected chi connectivity index (χ3v) is 6.80. The van der Waals surface area contributed by atoms with E-state index in [1.807, 2.05) is 30.3 Å². The summed E-state index contributed by atoms with van der Waals surface area (Å²) >= 11 is 6.38. The number of nitriles is 1. The Morgan fingerprint density at radius 1 is 1.17 bits per heavy atom. The molecule has 5 rings (SSSR count). The molecule has 2 aromatic carbocycles. The Morgan fingerprint density at radius 3 is 2.78 bits per heavy atom. The van der Waals surface area contributed by atoms with Gasteiger partial charge in [0, 0.05) is 66.9 Å². The molecule has 0 saturated carbocycles. The van der Waals surface area contributed by atoms with Crippen LogP contribution >= 0.6 is 11.6 Å². The van der Waals surface area contributed by atoms with Crippen molar-refractivity contribution in [3.8, 4) is 6.07 Å². The number of nitrogens with zero attached hydrogens (tertiary/aromatic N) is 6. The minimum Gasteiger partial charge on any atom is -0.369 e. The molecule has 1 fully saturated rings. The summed E-state index contributed by atoms with van der Waals surface area (Å²) < 4.78 is 0. The molecule has 0 bridgehead atoms. The van der Waals surface area contributed by atoms with Crippen LogP contribution < -0.4 is 15.1 Å². The number of likely N-dealkylation sites (N-methyl/N-ethyl adjacent to an activating group) is 1. The summed E-state index contributed by atoms with van der Waals surface area (Å²) in [5.74, 6) is 1.01. The third-order valence-electron chi connectivity index (χ3n) is 6.49. The van der Waals surface area contributed by atoms with Crippen molar-refractivity contribution < 1.29 is 0 Å². The Hall–Kier alpha value is -3.80. The molecular weight excluding hydrogens is 472 g/mol. The number of benzene rings is 2. The molecule has 1 saturated heterocycles. The Kier molecular flexibility index (Phi) is 6.94. The molecule has 1 aliphatic heterocycles. The molecule has 0 unspecified atom stereocenters. The zero-order valence-electron chi connectivity index (χ0n) is 20.5. The summed E-state index contributed by atoms with van der Waals surface area (Å²) in [5, 5.41) is 14.8. The number of hydrogen-bond acceptors (Lipinski definition) is 7. The Balaban J connectivity index is 1.45. The van der Waals surface area contributed by atoms with Crippen LogP contribution in [0.4, 0.5) is 28.8 Å². The van der Waals surface area contributed by atoms with Gasteiger partial charge in [0.25, 0.3) is 0 Å². The lowest BCUT2D eigenvalue weighted by atomic mass is 10.2. The van der Waals surface area contributed by atoms with Crippen LogP contribution in [-0.4, -0.2) is 59.6 Å². The summed E-state index contributed by atoms with van der Waals surface area (Å²) in [7, 11) is 2.15. The number of hydrogen-bond donors (Lipinski definition) is 2. The fraction of sp³-hybridized carbons (Fsp3) is 0.296. The minimum atomic E-state index is 0.417. The summed E-state index contributed by atoms with van der Waals surface area (Å²) in [5.41, 5.74) is 4.38. The molecule has 0 amide bonds. The lowest BCUT2D eigenvalue weighted by molar-refractivity contribution is 0.313. The van der Waals surface area contributed by atoms with E-state index in [1.165, 1.54) is 5.69 Å². The van der Waals surface area contributed by atoms with E-state index in [0.29, 0.717) is 28.9 Å². The number of aromatic nitrogens is 3. The second-order valence-electron chi connectivity index (χ2n) is 9.03. The Morgan fingerprint density at radius 2 is 2.00 bits per heavy atom. The maximum Gasteiger partial charge on any atom is 0.229 e. The Bertz CT molecular complexity index is 1400. The van der Waals surface area contributed by atoms with Crippen molar-refractivity contribution in [1.82, 2.24) is 19.9 Å². The molecule has 184 valence electrons. The number of H-pyrrole nitrogens is 1. The maximum atomic E-state index is 9.83. The molecule has 3 heterocycles. The van der Waals surface area contributed by atoms with Gasteiger partial charge in [-0.25, -0.2) is 4.98 Å². The quantitative estimate of drug-likeness (QED) is 0.345. The second kappa shape index (κ2) is 10.4. The molecule has 4 aromatic rings. The summed E-state index contributed by atoms with van der Waals surface area (Å²) in [6.07, 6.45) is 4.24. The summed E-state index contributed by atoms with van der Waals surface area (Å²) in [6.45, 7) is 6.89. The van der Waals surface area contributed by atoms with Gasteiger partial charge < -0.3 is 25.0 Å². The molecule has 9 heteroatoms. The number of aromatic amines is 1. The van der Waals surface area contributed by atoms with Crippen molar-refractivity contribution in [3.05, 3.63) is 65.4 Å². The van der Waals surface area contributed by atoms with Gasteiger partial charge in [-0.2, -0.15) is 10.2 Å². The molecule has 0 spiro atoms. The molecule has 0 atom stereocenters. The van der Waals surface area contributed by atoms with E-state index in [4.69, 9.17) is 16.6 Å². The van der Waals surface area contributed by atoms with E-state index < -0.39 is 0 Å². The SMILES string of the molecule is CCCN(c1ccc2[nH]cc(Cl)c2c1)c1nc(Nc2cccc(N3CCN(C)CC3)c2)ncc1C#N. The van der Waals surface area contributed by atoms with Gasteiger partial charge in [-0.05, 0) is 49.9 Å². The molecule has 0 aliphatic carbocycles. The maximum absolute atomic E-state index is 9.83. The highest BCUT2D eigenvalue weighted by molar-refractivity contribution is 6.35. The van der Waals surface area contributed by atoms with Gasteiger partial charge in [0.05, 0.1) is 11.2 Å². The van der Waals surface area contributed by atoms with E-state index >= 15 is 0 Å². The molecule has 8 nitrogen and oxygen atoms in total. The first kappa shape index (κ1) is 23.9. The van der Waals surface area contributed by atoms with Crippen LogP contribution in [-0.2, 0) is 0 Å².